The Kier molecular flexibility index (Phi) is 3.41. The van der Waals surface area contributed by atoms with E-state index in [1.165, 1.54) is 32.1 Å². The number of hydrogen-bond acceptors (Lipinski definition) is 3. The molecule has 0 aliphatic heterocycles. The summed E-state index contributed by atoms with van der Waals surface area (Å²) in [5, 5.41) is 22.8. The average molecular weight is 253 g/mol. The van der Waals surface area contributed by atoms with Crippen LogP contribution in [0, 0.1) is 23.7 Å². The lowest BCUT2D eigenvalue weighted by Gasteiger charge is -2.39. The molecule has 0 spiro atoms. The standard InChI is InChI=1S/C15H27NO2/c1-2-15(8-17,9-18)16-14-7-10-6-13(14)12-5-3-4-11(10)12/h10-14,16-18H,2-9H2,1H3. The maximum Gasteiger partial charge on any atom is 0.0647 e. The third-order valence-electron chi connectivity index (χ3n) is 6.20. The molecule has 3 heteroatoms. The van der Waals surface area contributed by atoms with E-state index in [9.17, 15) is 10.2 Å². The van der Waals surface area contributed by atoms with E-state index in [0.29, 0.717) is 6.04 Å². The minimum atomic E-state index is -0.455. The minimum Gasteiger partial charge on any atom is -0.394 e. The fourth-order valence-electron chi connectivity index (χ4n) is 5.09. The smallest absolute Gasteiger partial charge is 0.0647 e. The topological polar surface area (TPSA) is 52.5 Å². The van der Waals surface area contributed by atoms with E-state index in [4.69, 9.17) is 0 Å². The Bertz CT molecular complexity index is 295. The first-order chi connectivity index (χ1) is 8.73. The lowest BCUT2D eigenvalue weighted by molar-refractivity contribution is 0.0606. The van der Waals surface area contributed by atoms with E-state index in [0.717, 1.165) is 30.1 Å². The van der Waals surface area contributed by atoms with E-state index in [1.807, 2.05) is 6.92 Å². The lowest BCUT2D eigenvalue weighted by atomic mass is 9.78. The van der Waals surface area contributed by atoms with Gasteiger partial charge in [0.05, 0.1) is 18.8 Å². The van der Waals surface area contributed by atoms with Gasteiger partial charge < -0.3 is 15.5 Å². The number of fused-ring (bicyclic) bond motifs is 5. The molecule has 3 nitrogen and oxygen atoms in total. The van der Waals surface area contributed by atoms with Crippen LogP contribution in [0.2, 0.25) is 0 Å². The summed E-state index contributed by atoms with van der Waals surface area (Å²) >= 11 is 0. The van der Waals surface area contributed by atoms with Gasteiger partial charge in [0.2, 0.25) is 0 Å². The molecule has 3 rings (SSSR count). The second-order valence-electron chi connectivity index (χ2n) is 6.85. The fraction of sp³-hybridized carbons (Fsp3) is 1.00. The SMILES string of the molecule is CCC(CO)(CO)NC1CC2CC1C1CCCC21. The first-order valence-corrected chi connectivity index (χ1v) is 7.72. The summed E-state index contributed by atoms with van der Waals surface area (Å²) in [6, 6.07) is 0.536. The van der Waals surface area contributed by atoms with Crippen LogP contribution in [0.25, 0.3) is 0 Å². The zero-order valence-electron chi connectivity index (χ0n) is 11.4. The van der Waals surface area contributed by atoms with Crippen LogP contribution in [0.4, 0.5) is 0 Å². The molecule has 0 heterocycles. The van der Waals surface area contributed by atoms with Crippen molar-refractivity contribution in [1.82, 2.24) is 5.32 Å². The van der Waals surface area contributed by atoms with Gasteiger partial charge in [-0.3, -0.25) is 0 Å². The Morgan fingerprint density at radius 2 is 1.78 bits per heavy atom. The summed E-state index contributed by atoms with van der Waals surface area (Å²) in [6.07, 6.45) is 7.76. The van der Waals surface area contributed by atoms with Crippen LogP contribution in [0.15, 0.2) is 0 Å². The average Bonchev–Trinajstić information content (AvgIpc) is 3.07. The van der Waals surface area contributed by atoms with E-state index in [-0.39, 0.29) is 13.2 Å². The first kappa shape index (κ1) is 12.9. The van der Waals surface area contributed by atoms with Gasteiger partial charge in [0, 0.05) is 6.04 Å². The monoisotopic (exact) mass is 253 g/mol. The van der Waals surface area contributed by atoms with E-state index >= 15 is 0 Å². The van der Waals surface area contributed by atoms with Gasteiger partial charge in [0.1, 0.15) is 0 Å². The van der Waals surface area contributed by atoms with Gasteiger partial charge in [-0.2, -0.15) is 0 Å². The summed E-state index contributed by atoms with van der Waals surface area (Å²) < 4.78 is 0. The van der Waals surface area contributed by atoms with Crippen LogP contribution >= 0.6 is 0 Å². The molecular weight excluding hydrogens is 226 g/mol. The van der Waals surface area contributed by atoms with Gasteiger partial charge >= 0.3 is 0 Å². The number of aliphatic hydroxyl groups is 2. The van der Waals surface area contributed by atoms with Gasteiger partial charge in [-0.1, -0.05) is 13.3 Å². The Labute approximate surface area is 110 Å². The van der Waals surface area contributed by atoms with Crippen molar-refractivity contribution in [3.8, 4) is 0 Å². The Morgan fingerprint density at radius 3 is 2.44 bits per heavy atom. The molecule has 0 aromatic heterocycles. The van der Waals surface area contributed by atoms with Crippen LogP contribution < -0.4 is 5.32 Å². The molecule has 0 saturated heterocycles. The van der Waals surface area contributed by atoms with Crippen LogP contribution in [0.3, 0.4) is 0 Å². The van der Waals surface area contributed by atoms with Crippen LogP contribution in [-0.2, 0) is 0 Å². The molecule has 3 fully saturated rings. The molecule has 18 heavy (non-hydrogen) atoms. The zero-order valence-corrected chi connectivity index (χ0v) is 11.4. The second kappa shape index (κ2) is 4.77. The van der Waals surface area contributed by atoms with E-state index < -0.39 is 5.54 Å². The largest absolute Gasteiger partial charge is 0.394 e. The third kappa shape index (κ3) is 1.83. The van der Waals surface area contributed by atoms with Crippen LogP contribution in [0.1, 0.15) is 45.4 Å². The summed E-state index contributed by atoms with van der Waals surface area (Å²) in [4.78, 5) is 0. The number of hydrogen-bond donors (Lipinski definition) is 3. The van der Waals surface area contributed by atoms with Gasteiger partial charge in [0.25, 0.3) is 0 Å². The molecule has 0 radical (unpaired) electrons. The highest BCUT2D eigenvalue weighted by Gasteiger charge is 2.54. The van der Waals surface area contributed by atoms with E-state index in [1.54, 1.807) is 0 Å². The predicted octanol–water partition coefficient (Wildman–Crippen LogP) is 1.53. The molecule has 0 aromatic rings. The third-order valence-corrected chi connectivity index (χ3v) is 6.20. The van der Waals surface area contributed by atoms with Crippen molar-refractivity contribution >= 4 is 0 Å². The first-order valence-electron chi connectivity index (χ1n) is 7.72. The molecule has 2 bridgehead atoms. The van der Waals surface area contributed by atoms with Gasteiger partial charge in [-0.15, -0.1) is 0 Å². The predicted molar refractivity (Wildman–Crippen MR) is 71.2 cm³/mol. The zero-order chi connectivity index (χ0) is 12.8. The van der Waals surface area contributed by atoms with Gasteiger partial charge in [-0.05, 0) is 55.8 Å². The molecule has 0 amide bonds. The normalized spacial score (nSPS) is 42.5. The van der Waals surface area contributed by atoms with E-state index in [2.05, 4.69) is 5.32 Å². The Hall–Kier alpha value is -0.120. The minimum absolute atomic E-state index is 0.0436. The summed E-state index contributed by atoms with van der Waals surface area (Å²) in [5.74, 6) is 3.68. The van der Waals surface area contributed by atoms with Crippen LogP contribution in [-0.4, -0.2) is 35.0 Å². The molecule has 5 atom stereocenters. The van der Waals surface area contributed by atoms with Gasteiger partial charge in [-0.25, -0.2) is 0 Å². The van der Waals surface area contributed by atoms with Gasteiger partial charge in [0.15, 0.2) is 0 Å². The van der Waals surface area contributed by atoms with Crippen molar-refractivity contribution in [2.24, 2.45) is 23.7 Å². The summed E-state index contributed by atoms with van der Waals surface area (Å²) in [6.45, 7) is 2.13. The molecule has 104 valence electrons. The quantitative estimate of drug-likeness (QED) is 0.696. The molecule has 0 aromatic carbocycles. The second-order valence-corrected chi connectivity index (χ2v) is 6.85. The van der Waals surface area contributed by atoms with Crippen molar-refractivity contribution in [3.63, 3.8) is 0 Å². The highest BCUT2D eigenvalue weighted by Crippen LogP contribution is 2.58. The summed E-state index contributed by atoms with van der Waals surface area (Å²) in [7, 11) is 0. The highest BCUT2D eigenvalue weighted by atomic mass is 16.3. The Balaban J connectivity index is 1.68. The molecule has 5 unspecified atom stereocenters. The lowest BCUT2D eigenvalue weighted by Crippen LogP contribution is -2.57. The van der Waals surface area contributed by atoms with Crippen LogP contribution in [0.5, 0.6) is 0 Å². The maximum atomic E-state index is 9.57. The van der Waals surface area contributed by atoms with Crippen molar-refractivity contribution in [3.05, 3.63) is 0 Å². The molecule has 3 saturated carbocycles. The number of nitrogens with one attached hydrogen (secondary N) is 1. The fourth-order valence-corrected chi connectivity index (χ4v) is 5.09. The summed E-state index contributed by atoms with van der Waals surface area (Å²) in [5.41, 5.74) is -0.455. The molecule has 3 N–H and O–H groups in total. The highest BCUT2D eigenvalue weighted by molar-refractivity contribution is 5.07. The molecule has 3 aliphatic rings. The van der Waals surface area contributed by atoms with Crippen molar-refractivity contribution < 1.29 is 10.2 Å². The van der Waals surface area contributed by atoms with Crippen molar-refractivity contribution in [2.75, 3.05) is 13.2 Å². The maximum absolute atomic E-state index is 9.57. The van der Waals surface area contributed by atoms with Crippen molar-refractivity contribution in [1.29, 1.82) is 0 Å². The Morgan fingerprint density at radius 1 is 1.06 bits per heavy atom. The van der Waals surface area contributed by atoms with Crippen molar-refractivity contribution in [2.45, 2.75) is 57.0 Å². The number of rotatable bonds is 5. The number of aliphatic hydroxyl groups excluding tert-OH is 2. The molecule has 3 aliphatic carbocycles. The molecular formula is C15H27NO2.